The number of rotatable bonds is 41. The maximum atomic E-state index is 12.4. The molecule has 9 nitrogen and oxygen atoms in total. The zero-order valence-corrected chi connectivity index (χ0v) is 37.9. The molecule has 3 N–H and O–H groups in total. The molecule has 338 valence electrons. The van der Waals surface area contributed by atoms with Crippen molar-refractivity contribution in [1.29, 1.82) is 0 Å². The third-order valence-corrected chi connectivity index (χ3v) is 9.98. The summed E-state index contributed by atoms with van der Waals surface area (Å²) in [6.07, 6.45) is 54.9. The van der Waals surface area contributed by atoms with E-state index in [1.165, 1.54) is 96.3 Å². The van der Waals surface area contributed by atoms with Crippen molar-refractivity contribution in [3.8, 4) is 0 Å². The molecule has 0 aromatic carbocycles. The van der Waals surface area contributed by atoms with E-state index in [4.69, 9.17) is 19.3 Å². The number of carbonyl (C=O) groups is 2. The number of carbonyl (C=O) groups excluding carboxylic acids is 2. The number of aliphatic hydroxyl groups excluding tert-OH is 1. The van der Waals surface area contributed by atoms with Gasteiger partial charge in [0.1, 0.15) is 6.61 Å². The van der Waals surface area contributed by atoms with Crippen LogP contribution in [0.4, 0.5) is 0 Å². The molecule has 0 rings (SSSR count). The van der Waals surface area contributed by atoms with Gasteiger partial charge in [-0.1, -0.05) is 189 Å². The molecule has 0 aliphatic carbocycles. The van der Waals surface area contributed by atoms with Crippen LogP contribution >= 0.6 is 7.82 Å². The van der Waals surface area contributed by atoms with Gasteiger partial charge in [0.15, 0.2) is 6.10 Å². The molecule has 0 aromatic heterocycles. The number of aliphatic hydroxyl groups is 1. The Balaban J connectivity index is 4.04. The highest BCUT2D eigenvalue weighted by atomic mass is 31.2. The lowest BCUT2D eigenvalue weighted by Gasteiger charge is -2.18. The van der Waals surface area contributed by atoms with Crippen molar-refractivity contribution < 1.29 is 43.0 Å². The maximum Gasteiger partial charge on any atom is 0.469 e. The van der Waals surface area contributed by atoms with E-state index in [9.17, 15) is 19.3 Å². The van der Waals surface area contributed by atoms with Crippen molar-refractivity contribution in [3.05, 3.63) is 85.1 Å². The molecule has 10 heteroatoms. The minimum atomic E-state index is -4.79. The number of esters is 2. The lowest BCUT2D eigenvalue weighted by molar-refractivity contribution is -0.161. The molecule has 59 heavy (non-hydrogen) atoms. The maximum absolute atomic E-state index is 12.4. The second-order valence-electron chi connectivity index (χ2n) is 15.2. The highest BCUT2D eigenvalue weighted by Gasteiger charge is 2.22. The van der Waals surface area contributed by atoms with Gasteiger partial charge in [-0.05, 0) is 70.6 Å². The van der Waals surface area contributed by atoms with Gasteiger partial charge < -0.3 is 24.4 Å². The minimum absolute atomic E-state index is 0.115. The summed E-state index contributed by atoms with van der Waals surface area (Å²) in [7, 11) is -4.79. The molecule has 2 atom stereocenters. The molecule has 1 unspecified atom stereocenters. The summed E-state index contributed by atoms with van der Waals surface area (Å²) in [5.74, 6) is -1.02. The first kappa shape index (κ1) is 56.2. The van der Waals surface area contributed by atoms with Gasteiger partial charge in [-0.15, -0.1) is 0 Å². The molecule has 0 aliphatic heterocycles. The van der Waals surface area contributed by atoms with Gasteiger partial charge in [0.05, 0.1) is 12.7 Å². The van der Waals surface area contributed by atoms with Crippen LogP contribution in [0, 0.1) is 0 Å². The lowest BCUT2D eigenvalue weighted by atomic mass is 10.0. The Morgan fingerprint density at radius 3 is 1.64 bits per heavy atom. The van der Waals surface area contributed by atoms with Gasteiger partial charge in [0.25, 0.3) is 0 Å². The molecule has 0 amide bonds. The van der Waals surface area contributed by atoms with Crippen LogP contribution in [0.5, 0.6) is 0 Å². The van der Waals surface area contributed by atoms with E-state index in [1.54, 1.807) is 6.08 Å². The Kier molecular flexibility index (Phi) is 41.2. The second kappa shape index (κ2) is 43.3. The Morgan fingerprint density at radius 2 is 1.05 bits per heavy atom. The molecule has 0 fully saturated rings. The van der Waals surface area contributed by atoms with E-state index in [-0.39, 0.29) is 19.4 Å². The summed E-state index contributed by atoms with van der Waals surface area (Å²) in [4.78, 5) is 42.9. The Bertz CT molecular complexity index is 1240. The van der Waals surface area contributed by atoms with E-state index in [1.807, 2.05) is 48.6 Å². The summed E-state index contributed by atoms with van der Waals surface area (Å²) in [6, 6.07) is 0. The van der Waals surface area contributed by atoms with Crippen molar-refractivity contribution in [1.82, 2.24) is 0 Å². The zero-order valence-electron chi connectivity index (χ0n) is 37.0. The fourth-order valence-electron chi connectivity index (χ4n) is 6.07. The monoisotopic (exact) mass is 847 g/mol. The molecule has 0 heterocycles. The first-order valence-corrected chi connectivity index (χ1v) is 24.5. The molecule has 0 spiro atoms. The first-order chi connectivity index (χ1) is 28.7. The molecule has 0 radical (unpaired) electrons. The number of hydrogen-bond acceptors (Lipinski definition) is 7. The van der Waals surface area contributed by atoms with Crippen LogP contribution < -0.4 is 0 Å². The number of unbranched alkanes of at least 4 members (excludes halogenated alkanes) is 17. The number of phosphoric ester groups is 1. The third-order valence-electron chi connectivity index (χ3n) is 9.49. The average molecular weight is 847 g/mol. The van der Waals surface area contributed by atoms with Crippen LogP contribution in [0.3, 0.4) is 0 Å². The average Bonchev–Trinajstić information content (AvgIpc) is 3.20. The summed E-state index contributed by atoms with van der Waals surface area (Å²) in [5, 5.41) is 9.98. The normalized spacial score (nSPS) is 13.8. The highest BCUT2D eigenvalue weighted by Crippen LogP contribution is 2.36. The number of phosphoric acid groups is 1. The van der Waals surface area contributed by atoms with Crippen molar-refractivity contribution in [2.45, 2.75) is 199 Å². The standard InChI is InChI=1S/C49H83O9P/c1-3-5-7-9-11-12-13-14-15-16-17-18-19-20-21-22-23-28-31-35-39-43-49(52)58-47(45-57-59(53,54)55)44-56-48(51)42-38-34-30-27-25-24-26-29-33-37-41-46(50)40-36-32-10-8-6-4-2/h6,8,14-15,24-25,29-30,32-34,36-37,41,46-47,50H,3-5,7,9-13,16-23,26-28,31,35,38-40,42-45H2,1-2H3,(H2,53,54,55)/b8-6-,15-14-,25-24-,33-29-,34-30-,36-32-,41-37+/t46?,47-/m1/s1. The van der Waals surface area contributed by atoms with Gasteiger partial charge >= 0.3 is 19.8 Å². The molecule has 0 saturated heterocycles. The zero-order chi connectivity index (χ0) is 43.3. The van der Waals surface area contributed by atoms with Gasteiger partial charge in [-0.3, -0.25) is 14.1 Å². The summed E-state index contributed by atoms with van der Waals surface area (Å²) in [5.41, 5.74) is 0. The van der Waals surface area contributed by atoms with Crippen LogP contribution in [-0.4, -0.2) is 52.3 Å². The smallest absolute Gasteiger partial charge is 0.462 e. The Hall–Kier alpha value is -2.81. The van der Waals surface area contributed by atoms with E-state index in [0.717, 1.165) is 38.5 Å². The van der Waals surface area contributed by atoms with Crippen LogP contribution in [0.15, 0.2) is 85.1 Å². The van der Waals surface area contributed by atoms with Gasteiger partial charge in [-0.2, -0.15) is 0 Å². The number of hydrogen-bond donors (Lipinski definition) is 3. The molecule has 0 aromatic rings. The fraction of sp³-hybridized carbons (Fsp3) is 0.673. The highest BCUT2D eigenvalue weighted by molar-refractivity contribution is 7.46. The Morgan fingerprint density at radius 1 is 0.542 bits per heavy atom. The largest absolute Gasteiger partial charge is 0.469 e. The van der Waals surface area contributed by atoms with Gasteiger partial charge in [-0.25, -0.2) is 4.57 Å². The summed E-state index contributed by atoms with van der Waals surface area (Å²) in [6.45, 7) is 3.44. The first-order valence-electron chi connectivity index (χ1n) is 23.0. The van der Waals surface area contributed by atoms with Gasteiger partial charge in [0, 0.05) is 12.8 Å². The van der Waals surface area contributed by atoms with Crippen molar-refractivity contribution >= 4 is 19.8 Å². The van der Waals surface area contributed by atoms with E-state index in [2.05, 4.69) is 48.8 Å². The summed E-state index contributed by atoms with van der Waals surface area (Å²) >= 11 is 0. The van der Waals surface area contributed by atoms with Crippen LogP contribution in [0.2, 0.25) is 0 Å². The topological polar surface area (TPSA) is 140 Å². The van der Waals surface area contributed by atoms with Crippen molar-refractivity contribution in [3.63, 3.8) is 0 Å². The predicted octanol–water partition coefficient (Wildman–Crippen LogP) is 13.4. The predicted molar refractivity (Wildman–Crippen MR) is 245 cm³/mol. The quantitative estimate of drug-likeness (QED) is 0.0180. The minimum Gasteiger partial charge on any atom is -0.462 e. The Labute approximate surface area is 359 Å². The number of ether oxygens (including phenoxy) is 2. The van der Waals surface area contributed by atoms with Crippen LogP contribution in [0.1, 0.15) is 187 Å². The SMILES string of the molecule is CC/C=C\C/C=C\CC(O)/C=C/C=C\C/C=C\C/C=C\CCC(=O)OC[C@H](COP(=O)(O)O)OC(=O)CCCCCCCCCCCCC/C=C\CCCCCCCC. The molecule has 0 bridgehead atoms. The number of allylic oxidation sites excluding steroid dienone is 12. The van der Waals surface area contributed by atoms with Crippen molar-refractivity contribution in [2.24, 2.45) is 0 Å². The van der Waals surface area contributed by atoms with Crippen LogP contribution in [0.25, 0.3) is 0 Å². The van der Waals surface area contributed by atoms with E-state index >= 15 is 0 Å². The van der Waals surface area contributed by atoms with Crippen LogP contribution in [-0.2, 0) is 28.2 Å². The second-order valence-corrected chi connectivity index (χ2v) is 16.4. The lowest BCUT2D eigenvalue weighted by Crippen LogP contribution is -2.29. The van der Waals surface area contributed by atoms with E-state index < -0.39 is 38.6 Å². The van der Waals surface area contributed by atoms with Gasteiger partial charge in [0.2, 0.25) is 0 Å². The fourth-order valence-corrected chi connectivity index (χ4v) is 6.43. The molecule has 0 aliphatic rings. The van der Waals surface area contributed by atoms with Crippen molar-refractivity contribution in [2.75, 3.05) is 13.2 Å². The molecular formula is C49H83O9P. The molecular weight excluding hydrogens is 764 g/mol. The third kappa shape index (κ3) is 46.1. The summed E-state index contributed by atoms with van der Waals surface area (Å²) < 4.78 is 26.4. The molecule has 0 saturated carbocycles. The van der Waals surface area contributed by atoms with E-state index in [0.29, 0.717) is 25.7 Å².